The van der Waals surface area contributed by atoms with Gasteiger partial charge in [-0.3, -0.25) is 9.59 Å². The highest BCUT2D eigenvalue weighted by molar-refractivity contribution is 6.31. The van der Waals surface area contributed by atoms with E-state index in [9.17, 15) is 9.59 Å². The van der Waals surface area contributed by atoms with Gasteiger partial charge in [0.05, 0.1) is 5.92 Å². The molecular weight excluding hydrogens is 359 g/mol. The number of rotatable bonds is 4. The average molecular weight is 377 g/mol. The minimum absolute atomic E-state index is 0.0398. The highest BCUT2D eigenvalue weighted by Gasteiger charge is 2.34. The standard InChI is InChI=1S/C19H18Cl2N2O2/c1-12-6-7-15(9-17(12)21)22-19(25)14-8-18(24)23(11-14)10-13-4-2-3-5-16(13)20/h2-7,9,14H,8,10-11H2,1H3,(H,22,25). The summed E-state index contributed by atoms with van der Waals surface area (Å²) in [5.41, 5.74) is 2.46. The summed E-state index contributed by atoms with van der Waals surface area (Å²) in [6, 6.07) is 12.8. The lowest BCUT2D eigenvalue weighted by atomic mass is 10.1. The Bertz CT molecular complexity index is 823. The van der Waals surface area contributed by atoms with Crippen molar-refractivity contribution in [2.75, 3.05) is 11.9 Å². The molecule has 1 heterocycles. The third-order valence-corrected chi connectivity index (χ3v) is 5.12. The minimum Gasteiger partial charge on any atom is -0.337 e. The first-order valence-corrected chi connectivity index (χ1v) is 8.78. The Hall–Kier alpha value is -2.04. The maximum absolute atomic E-state index is 12.5. The van der Waals surface area contributed by atoms with E-state index in [0.29, 0.717) is 28.8 Å². The van der Waals surface area contributed by atoms with Crippen LogP contribution in [0.3, 0.4) is 0 Å². The molecule has 1 N–H and O–H groups in total. The highest BCUT2D eigenvalue weighted by Crippen LogP contribution is 2.25. The van der Waals surface area contributed by atoms with Gasteiger partial charge in [-0.25, -0.2) is 0 Å². The second-order valence-electron chi connectivity index (χ2n) is 6.22. The number of benzene rings is 2. The number of aryl methyl sites for hydroxylation is 1. The molecule has 2 aromatic rings. The van der Waals surface area contributed by atoms with Gasteiger partial charge in [-0.15, -0.1) is 0 Å². The summed E-state index contributed by atoms with van der Waals surface area (Å²) < 4.78 is 0. The van der Waals surface area contributed by atoms with Crippen LogP contribution >= 0.6 is 23.2 Å². The fourth-order valence-electron chi connectivity index (χ4n) is 2.85. The summed E-state index contributed by atoms with van der Waals surface area (Å²) in [6.07, 6.45) is 0.204. The fraction of sp³-hybridized carbons (Fsp3) is 0.263. The zero-order valence-electron chi connectivity index (χ0n) is 13.8. The summed E-state index contributed by atoms with van der Waals surface area (Å²) in [6.45, 7) is 2.70. The molecule has 0 aliphatic carbocycles. The highest BCUT2D eigenvalue weighted by atomic mass is 35.5. The first-order chi connectivity index (χ1) is 11.9. The summed E-state index contributed by atoms with van der Waals surface area (Å²) in [4.78, 5) is 26.4. The molecule has 2 amide bonds. The SMILES string of the molecule is Cc1ccc(NC(=O)C2CC(=O)N(Cc3ccccc3Cl)C2)cc1Cl. The molecule has 25 heavy (non-hydrogen) atoms. The Balaban J connectivity index is 1.64. The molecule has 1 aliphatic rings. The van der Waals surface area contributed by atoms with Gasteiger partial charge in [0.15, 0.2) is 0 Å². The lowest BCUT2D eigenvalue weighted by Crippen LogP contribution is -2.28. The van der Waals surface area contributed by atoms with Gasteiger partial charge in [-0.2, -0.15) is 0 Å². The number of likely N-dealkylation sites (tertiary alicyclic amines) is 1. The monoisotopic (exact) mass is 376 g/mol. The van der Waals surface area contributed by atoms with E-state index in [4.69, 9.17) is 23.2 Å². The van der Waals surface area contributed by atoms with Crippen molar-refractivity contribution in [2.45, 2.75) is 19.9 Å². The van der Waals surface area contributed by atoms with E-state index in [1.54, 1.807) is 23.1 Å². The Morgan fingerprint density at radius 1 is 1.20 bits per heavy atom. The molecule has 0 bridgehead atoms. The summed E-state index contributed by atoms with van der Waals surface area (Å²) in [5, 5.41) is 4.06. The number of halogens is 2. The molecule has 130 valence electrons. The molecule has 3 rings (SSSR count). The van der Waals surface area contributed by atoms with Gasteiger partial charge < -0.3 is 10.2 Å². The largest absolute Gasteiger partial charge is 0.337 e. The van der Waals surface area contributed by atoms with E-state index >= 15 is 0 Å². The normalized spacial score (nSPS) is 17.0. The lowest BCUT2D eigenvalue weighted by molar-refractivity contribution is -0.128. The van der Waals surface area contributed by atoms with Crippen LogP contribution in [0.4, 0.5) is 5.69 Å². The number of hydrogen-bond donors (Lipinski definition) is 1. The summed E-state index contributed by atoms with van der Waals surface area (Å²) >= 11 is 12.2. The first kappa shape index (κ1) is 17.8. The van der Waals surface area contributed by atoms with Crippen molar-refractivity contribution in [1.82, 2.24) is 4.90 Å². The third-order valence-electron chi connectivity index (χ3n) is 4.34. The minimum atomic E-state index is -0.380. The molecule has 0 aromatic heterocycles. The second-order valence-corrected chi connectivity index (χ2v) is 7.03. The lowest BCUT2D eigenvalue weighted by Gasteiger charge is -2.17. The molecule has 2 aromatic carbocycles. The van der Waals surface area contributed by atoms with E-state index in [2.05, 4.69) is 5.32 Å². The van der Waals surface area contributed by atoms with Crippen LogP contribution in [0.5, 0.6) is 0 Å². The van der Waals surface area contributed by atoms with Crippen LogP contribution in [-0.2, 0) is 16.1 Å². The molecule has 0 saturated carbocycles. The Morgan fingerprint density at radius 3 is 2.68 bits per heavy atom. The molecule has 1 saturated heterocycles. The van der Waals surface area contributed by atoms with Crippen LogP contribution in [-0.4, -0.2) is 23.3 Å². The van der Waals surface area contributed by atoms with Crippen LogP contribution in [0, 0.1) is 12.8 Å². The van der Waals surface area contributed by atoms with Gasteiger partial charge in [0.25, 0.3) is 0 Å². The number of nitrogens with one attached hydrogen (secondary N) is 1. The molecule has 1 unspecified atom stereocenters. The number of anilines is 1. The van der Waals surface area contributed by atoms with E-state index in [-0.39, 0.29) is 24.2 Å². The summed E-state index contributed by atoms with van der Waals surface area (Å²) in [5.74, 6) is -0.591. The molecule has 4 nitrogen and oxygen atoms in total. The first-order valence-electron chi connectivity index (χ1n) is 8.02. The Kier molecular flexibility index (Phi) is 5.30. The maximum atomic E-state index is 12.5. The predicted octanol–water partition coefficient (Wildman–Crippen LogP) is 4.29. The van der Waals surface area contributed by atoms with Crippen molar-refractivity contribution in [2.24, 2.45) is 5.92 Å². The quantitative estimate of drug-likeness (QED) is 0.864. The van der Waals surface area contributed by atoms with Crippen LogP contribution in [0.2, 0.25) is 10.0 Å². The molecule has 0 spiro atoms. The molecule has 6 heteroatoms. The van der Waals surface area contributed by atoms with Crippen LogP contribution in [0.15, 0.2) is 42.5 Å². The zero-order valence-corrected chi connectivity index (χ0v) is 15.3. The maximum Gasteiger partial charge on any atom is 0.229 e. The Labute approximate surface area is 156 Å². The van der Waals surface area contributed by atoms with Gasteiger partial charge in [-0.1, -0.05) is 47.5 Å². The van der Waals surface area contributed by atoms with Crippen LogP contribution in [0.25, 0.3) is 0 Å². The van der Waals surface area contributed by atoms with Crippen molar-refractivity contribution in [1.29, 1.82) is 0 Å². The van der Waals surface area contributed by atoms with Gasteiger partial charge in [0, 0.05) is 35.2 Å². The number of hydrogen-bond acceptors (Lipinski definition) is 2. The zero-order chi connectivity index (χ0) is 18.0. The van der Waals surface area contributed by atoms with E-state index in [1.165, 1.54) is 0 Å². The molecular formula is C19H18Cl2N2O2. The second kappa shape index (κ2) is 7.46. The molecule has 0 radical (unpaired) electrons. The van der Waals surface area contributed by atoms with E-state index in [0.717, 1.165) is 11.1 Å². The molecule has 1 fully saturated rings. The van der Waals surface area contributed by atoms with Crippen molar-refractivity contribution in [3.8, 4) is 0 Å². The molecule has 1 aliphatic heterocycles. The Morgan fingerprint density at radius 2 is 1.96 bits per heavy atom. The number of carbonyl (C=O) groups is 2. The van der Waals surface area contributed by atoms with Gasteiger partial charge >= 0.3 is 0 Å². The van der Waals surface area contributed by atoms with Crippen molar-refractivity contribution in [3.63, 3.8) is 0 Å². The van der Waals surface area contributed by atoms with Crippen molar-refractivity contribution < 1.29 is 9.59 Å². The van der Waals surface area contributed by atoms with E-state index in [1.807, 2.05) is 31.2 Å². The van der Waals surface area contributed by atoms with Gasteiger partial charge in [-0.05, 0) is 36.2 Å². The van der Waals surface area contributed by atoms with Crippen LogP contribution < -0.4 is 5.32 Å². The van der Waals surface area contributed by atoms with Crippen molar-refractivity contribution in [3.05, 3.63) is 63.6 Å². The third kappa shape index (κ3) is 4.14. The average Bonchev–Trinajstić information content (AvgIpc) is 2.94. The number of nitrogens with zero attached hydrogens (tertiary/aromatic N) is 1. The molecule has 1 atom stereocenters. The number of carbonyl (C=O) groups excluding carboxylic acids is 2. The number of amides is 2. The van der Waals surface area contributed by atoms with Crippen molar-refractivity contribution >= 4 is 40.7 Å². The van der Waals surface area contributed by atoms with Gasteiger partial charge in [0.1, 0.15) is 0 Å². The smallest absolute Gasteiger partial charge is 0.229 e. The van der Waals surface area contributed by atoms with E-state index < -0.39 is 0 Å². The fourth-order valence-corrected chi connectivity index (χ4v) is 3.22. The topological polar surface area (TPSA) is 49.4 Å². The van der Waals surface area contributed by atoms with Crippen LogP contribution in [0.1, 0.15) is 17.5 Å². The summed E-state index contributed by atoms with van der Waals surface area (Å²) in [7, 11) is 0. The van der Waals surface area contributed by atoms with Gasteiger partial charge in [0.2, 0.25) is 11.8 Å². The predicted molar refractivity (Wildman–Crippen MR) is 99.8 cm³/mol.